The predicted octanol–water partition coefficient (Wildman–Crippen LogP) is 2.96. The number of benzene rings is 2. The van der Waals surface area contributed by atoms with Crippen LogP contribution in [0.1, 0.15) is 34.6 Å². The van der Waals surface area contributed by atoms with E-state index in [9.17, 15) is 9.59 Å². The van der Waals surface area contributed by atoms with E-state index in [4.69, 9.17) is 0 Å². The van der Waals surface area contributed by atoms with E-state index in [2.05, 4.69) is 36.9 Å². The molecule has 7 nitrogen and oxygen atoms in total. The van der Waals surface area contributed by atoms with Crippen LogP contribution in [0.25, 0.3) is 5.69 Å². The molecule has 1 fully saturated rings. The topological polar surface area (TPSA) is 88.9 Å². The Labute approximate surface area is 183 Å². The molecule has 0 spiro atoms. The molecule has 1 saturated carbocycles. The van der Waals surface area contributed by atoms with Crippen LogP contribution in [0.3, 0.4) is 0 Å². The number of aromatic nitrogens is 3. The number of nitrogens with one attached hydrogen (secondary N) is 2. The van der Waals surface area contributed by atoms with Crippen molar-refractivity contribution < 1.29 is 9.59 Å². The van der Waals surface area contributed by atoms with Gasteiger partial charge in [0.05, 0.1) is 11.4 Å². The van der Waals surface area contributed by atoms with Crippen LogP contribution in [-0.4, -0.2) is 38.9 Å². The molecule has 154 valence electrons. The first-order valence-electron chi connectivity index (χ1n) is 9.84. The molecule has 3 aromatic rings. The first kappa shape index (κ1) is 20.3. The second-order valence-corrected chi connectivity index (χ2v) is 8.33. The van der Waals surface area contributed by atoms with Crippen molar-refractivity contribution in [3.8, 4) is 5.69 Å². The number of rotatable bonds is 7. The Bertz CT molecular complexity index is 1060. The Morgan fingerprint density at radius 2 is 1.93 bits per heavy atom. The number of carbonyl (C=O) groups excluding carboxylic acids is 2. The highest BCUT2D eigenvalue weighted by Gasteiger charge is 2.30. The Kier molecular flexibility index (Phi) is 5.94. The number of halogens is 1. The van der Waals surface area contributed by atoms with Gasteiger partial charge in [-0.3, -0.25) is 9.59 Å². The summed E-state index contributed by atoms with van der Waals surface area (Å²) in [4.78, 5) is 25.7. The molecule has 4 rings (SSSR count). The number of nitrogens with zero attached hydrogens (tertiary/aromatic N) is 3. The summed E-state index contributed by atoms with van der Waals surface area (Å²) >= 11 is 3.44. The molecule has 0 bridgehead atoms. The van der Waals surface area contributed by atoms with Crippen molar-refractivity contribution in [3.05, 3.63) is 76.0 Å². The molecule has 2 amide bonds. The predicted molar refractivity (Wildman–Crippen MR) is 116 cm³/mol. The van der Waals surface area contributed by atoms with E-state index >= 15 is 0 Å². The maximum Gasteiger partial charge on any atom is 0.274 e. The summed E-state index contributed by atoms with van der Waals surface area (Å²) in [5, 5.41) is 14.0. The lowest BCUT2D eigenvalue weighted by molar-refractivity contribution is -0.123. The van der Waals surface area contributed by atoms with Crippen LogP contribution in [0.2, 0.25) is 0 Å². The van der Waals surface area contributed by atoms with Gasteiger partial charge in [-0.2, -0.15) is 0 Å². The van der Waals surface area contributed by atoms with Crippen LogP contribution in [0.5, 0.6) is 0 Å². The second kappa shape index (κ2) is 8.79. The third-order valence-corrected chi connectivity index (χ3v) is 5.48. The third-order valence-electron chi connectivity index (χ3n) is 4.99. The molecule has 30 heavy (non-hydrogen) atoms. The zero-order chi connectivity index (χ0) is 21.1. The van der Waals surface area contributed by atoms with Gasteiger partial charge in [0, 0.05) is 16.9 Å². The smallest absolute Gasteiger partial charge is 0.274 e. The lowest BCUT2D eigenvalue weighted by Gasteiger charge is -2.18. The fraction of sp³-hybridized carbons (Fsp3) is 0.273. The molecule has 0 saturated heterocycles. The van der Waals surface area contributed by atoms with Gasteiger partial charge < -0.3 is 10.6 Å². The van der Waals surface area contributed by atoms with Gasteiger partial charge in [0.15, 0.2) is 5.69 Å². The molecule has 2 aromatic carbocycles. The maximum absolute atomic E-state index is 13.0. The minimum absolute atomic E-state index is 0.174. The number of hydrogen-bond acceptors (Lipinski definition) is 4. The molecule has 1 aliphatic carbocycles. The van der Waals surface area contributed by atoms with Crippen molar-refractivity contribution >= 4 is 27.7 Å². The zero-order valence-corrected chi connectivity index (χ0v) is 18.1. The second-order valence-electron chi connectivity index (χ2n) is 7.41. The van der Waals surface area contributed by atoms with Gasteiger partial charge >= 0.3 is 0 Å². The number of amides is 2. The van der Waals surface area contributed by atoms with Crippen molar-refractivity contribution in [1.29, 1.82) is 0 Å². The highest BCUT2D eigenvalue weighted by Crippen LogP contribution is 2.20. The minimum atomic E-state index is -0.684. The van der Waals surface area contributed by atoms with E-state index in [1.54, 1.807) is 11.6 Å². The Balaban J connectivity index is 1.54. The van der Waals surface area contributed by atoms with Gasteiger partial charge in [-0.05, 0) is 43.5 Å². The average molecular weight is 468 g/mol. The largest absolute Gasteiger partial charge is 0.352 e. The van der Waals surface area contributed by atoms with Crippen LogP contribution in [0.15, 0.2) is 59.1 Å². The van der Waals surface area contributed by atoms with Crippen molar-refractivity contribution in [2.24, 2.45) is 0 Å². The Morgan fingerprint density at radius 3 is 2.63 bits per heavy atom. The molecular formula is C22H22BrN5O2. The summed E-state index contributed by atoms with van der Waals surface area (Å²) in [6.45, 7) is 1.78. The lowest BCUT2D eigenvalue weighted by Crippen LogP contribution is -2.48. The first-order chi connectivity index (χ1) is 14.5. The van der Waals surface area contributed by atoms with Gasteiger partial charge in [0.2, 0.25) is 5.91 Å². The molecule has 2 N–H and O–H groups in total. The van der Waals surface area contributed by atoms with Gasteiger partial charge in [-0.25, -0.2) is 4.68 Å². The van der Waals surface area contributed by atoms with E-state index in [0.29, 0.717) is 12.1 Å². The van der Waals surface area contributed by atoms with Crippen molar-refractivity contribution in [2.75, 3.05) is 0 Å². The third kappa shape index (κ3) is 4.76. The molecular weight excluding hydrogens is 446 g/mol. The lowest BCUT2D eigenvalue weighted by atomic mass is 10.0. The van der Waals surface area contributed by atoms with E-state index < -0.39 is 11.9 Å². The highest BCUT2D eigenvalue weighted by molar-refractivity contribution is 9.10. The van der Waals surface area contributed by atoms with Crippen LogP contribution in [-0.2, 0) is 11.2 Å². The molecule has 1 aliphatic rings. The summed E-state index contributed by atoms with van der Waals surface area (Å²) in [6.07, 6.45) is 2.37. The molecule has 8 heteroatoms. The first-order valence-corrected chi connectivity index (χ1v) is 10.6. The Morgan fingerprint density at radius 1 is 1.17 bits per heavy atom. The van der Waals surface area contributed by atoms with Gasteiger partial charge in [-0.1, -0.05) is 57.5 Å². The molecule has 1 aromatic heterocycles. The van der Waals surface area contributed by atoms with E-state index in [0.717, 1.165) is 28.6 Å². The van der Waals surface area contributed by atoms with Gasteiger partial charge in [0.25, 0.3) is 5.91 Å². The summed E-state index contributed by atoms with van der Waals surface area (Å²) < 4.78 is 2.51. The molecule has 1 atom stereocenters. The molecule has 0 aliphatic heterocycles. The number of hydrogen-bond donors (Lipinski definition) is 2. The van der Waals surface area contributed by atoms with Crippen molar-refractivity contribution in [1.82, 2.24) is 25.6 Å². The molecule has 0 radical (unpaired) electrons. The van der Waals surface area contributed by atoms with E-state index in [1.807, 2.05) is 54.6 Å². The summed E-state index contributed by atoms with van der Waals surface area (Å²) in [5.41, 5.74) is 2.57. The average Bonchev–Trinajstić information content (AvgIpc) is 3.46. The van der Waals surface area contributed by atoms with Crippen LogP contribution in [0.4, 0.5) is 0 Å². The highest BCUT2D eigenvalue weighted by atomic mass is 79.9. The van der Waals surface area contributed by atoms with Crippen LogP contribution in [0, 0.1) is 6.92 Å². The summed E-state index contributed by atoms with van der Waals surface area (Å²) in [5.74, 6) is -0.590. The normalized spacial score (nSPS) is 14.2. The maximum atomic E-state index is 13.0. The standard InChI is InChI=1S/C22H22BrN5O2/c1-14-20(26-27-28(14)18-9-5-8-16(23)13-18)22(30)25-19(21(29)24-17-10-11-17)12-15-6-3-2-4-7-15/h2-9,13,17,19H,10-12H2,1H3,(H,24,29)(H,25,30). The zero-order valence-electron chi connectivity index (χ0n) is 16.5. The van der Waals surface area contributed by atoms with Crippen LogP contribution >= 0.6 is 15.9 Å². The number of carbonyl (C=O) groups is 2. The SMILES string of the molecule is Cc1c(C(=O)NC(Cc2ccccc2)C(=O)NC2CC2)nnn1-c1cccc(Br)c1. The van der Waals surface area contributed by atoms with E-state index in [1.165, 1.54) is 0 Å². The van der Waals surface area contributed by atoms with Crippen molar-refractivity contribution in [2.45, 2.75) is 38.3 Å². The molecule has 1 unspecified atom stereocenters. The van der Waals surface area contributed by atoms with Crippen molar-refractivity contribution in [3.63, 3.8) is 0 Å². The molecule has 1 heterocycles. The fourth-order valence-corrected chi connectivity index (χ4v) is 3.59. The summed E-state index contributed by atoms with van der Waals surface area (Å²) in [7, 11) is 0. The van der Waals surface area contributed by atoms with Gasteiger partial charge in [-0.15, -0.1) is 5.10 Å². The Hall–Kier alpha value is -3.00. The van der Waals surface area contributed by atoms with E-state index in [-0.39, 0.29) is 17.6 Å². The monoisotopic (exact) mass is 467 g/mol. The minimum Gasteiger partial charge on any atom is -0.352 e. The summed E-state index contributed by atoms with van der Waals surface area (Å²) in [6, 6.07) is 16.8. The van der Waals surface area contributed by atoms with Gasteiger partial charge in [0.1, 0.15) is 6.04 Å². The van der Waals surface area contributed by atoms with Crippen LogP contribution < -0.4 is 10.6 Å². The fourth-order valence-electron chi connectivity index (χ4n) is 3.21. The quantitative estimate of drug-likeness (QED) is 0.558.